The third-order valence-electron chi connectivity index (χ3n) is 4.18. The van der Waals surface area contributed by atoms with Crippen LogP contribution >= 0.6 is 0 Å². The van der Waals surface area contributed by atoms with Crippen molar-refractivity contribution < 1.29 is 9.53 Å². The van der Waals surface area contributed by atoms with E-state index in [-0.39, 0.29) is 11.4 Å². The van der Waals surface area contributed by atoms with Gasteiger partial charge >= 0.3 is 0 Å². The van der Waals surface area contributed by atoms with E-state index >= 15 is 0 Å². The number of aryl methyl sites for hydroxylation is 1. The molecule has 1 aliphatic carbocycles. The summed E-state index contributed by atoms with van der Waals surface area (Å²) in [6.45, 7) is 2.46. The summed E-state index contributed by atoms with van der Waals surface area (Å²) in [7, 11) is 1.58. The Bertz CT molecular complexity index is 479. The maximum absolute atomic E-state index is 12.6. The van der Waals surface area contributed by atoms with Gasteiger partial charge in [0.25, 0.3) is 5.91 Å². The second kappa shape index (κ2) is 6.27. The normalized spacial score (nSPS) is 17.6. The van der Waals surface area contributed by atoms with Crippen LogP contribution in [0.2, 0.25) is 0 Å². The van der Waals surface area contributed by atoms with Gasteiger partial charge in [0, 0.05) is 6.54 Å². The maximum Gasteiger partial charge on any atom is 0.255 e. The van der Waals surface area contributed by atoms with E-state index in [2.05, 4.69) is 5.32 Å². The molecule has 20 heavy (non-hydrogen) atoms. The van der Waals surface area contributed by atoms with E-state index in [1.807, 2.05) is 25.1 Å². The van der Waals surface area contributed by atoms with Crippen molar-refractivity contribution in [2.24, 2.45) is 5.73 Å². The monoisotopic (exact) mass is 276 g/mol. The van der Waals surface area contributed by atoms with E-state index in [4.69, 9.17) is 10.5 Å². The first-order valence-electron chi connectivity index (χ1n) is 7.27. The Hall–Kier alpha value is -1.55. The number of methoxy groups -OCH3 is 1. The van der Waals surface area contributed by atoms with Gasteiger partial charge in [-0.05, 0) is 31.9 Å². The number of nitrogens with two attached hydrogens (primary N) is 1. The molecule has 0 atom stereocenters. The molecular weight excluding hydrogens is 252 g/mol. The van der Waals surface area contributed by atoms with E-state index in [0.717, 1.165) is 31.2 Å². The van der Waals surface area contributed by atoms with Crippen LogP contribution in [0.15, 0.2) is 18.2 Å². The van der Waals surface area contributed by atoms with Crippen LogP contribution in [0.5, 0.6) is 5.75 Å². The van der Waals surface area contributed by atoms with E-state index in [1.165, 1.54) is 6.42 Å². The Morgan fingerprint density at radius 3 is 2.65 bits per heavy atom. The van der Waals surface area contributed by atoms with Crippen molar-refractivity contribution in [3.8, 4) is 5.75 Å². The Morgan fingerprint density at radius 1 is 1.35 bits per heavy atom. The highest BCUT2D eigenvalue weighted by atomic mass is 16.5. The highest BCUT2D eigenvalue weighted by molar-refractivity contribution is 5.97. The molecule has 0 spiro atoms. The van der Waals surface area contributed by atoms with E-state index in [1.54, 1.807) is 7.11 Å². The van der Waals surface area contributed by atoms with Crippen molar-refractivity contribution in [2.75, 3.05) is 13.7 Å². The van der Waals surface area contributed by atoms with Gasteiger partial charge in [-0.2, -0.15) is 0 Å². The second-order valence-electron chi connectivity index (χ2n) is 5.70. The topological polar surface area (TPSA) is 64.3 Å². The fourth-order valence-electron chi connectivity index (χ4n) is 2.92. The number of benzene rings is 1. The Kier molecular flexibility index (Phi) is 4.65. The Morgan fingerprint density at radius 2 is 2.05 bits per heavy atom. The second-order valence-corrected chi connectivity index (χ2v) is 5.70. The summed E-state index contributed by atoms with van der Waals surface area (Å²) < 4.78 is 5.29. The lowest BCUT2D eigenvalue weighted by Gasteiger charge is -2.37. The zero-order chi connectivity index (χ0) is 14.6. The number of amides is 1. The third-order valence-corrected chi connectivity index (χ3v) is 4.18. The van der Waals surface area contributed by atoms with E-state index in [0.29, 0.717) is 17.9 Å². The summed E-state index contributed by atoms with van der Waals surface area (Å²) >= 11 is 0. The molecule has 4 nitrogen and oxygen atoms in total. The average Bonchev–Trinajstić information content (AvgIpc) is 2.48. The highest BCUT2D eigenvalue weighted by Crippen LogP contribution is 2.28. The predicted molar refractivity (Wildman–Crippen MR) is 80.1 cm³/mol. The lowest BCUT2D eigenvalue weighted by atomic mass is 9.81. The van der Waals surface area contributed by atoms with Crippen LogP contribution in [0.1, 0.15) is 48.0 Å². The third kappa shape index (κ3) is 3.12. The number of carbonyl (C=O) groups is 1. The number of rotatable bonds is 4. The molecule has 2 rings (SSSR count). The lowest BCUT2D eigenvalue weighted by molar-refractivity contribution is 0.0871. The zero-order valence-corrected chi connectivity index (χ0v) is 12.4. The molecule has 1 amide bonds. The van der Waals surface area contributed by atoms with Crippen LogP contribution in [-0.4, -0.2) is 25.1 Å². The van der Waals surface area contributed by atoms with E-state index in [9.17, 15) is 4.79 Å². The molecule has 1 saturated carbocycles. The van der Waals surface area contributed by atoms with Crippen LogP contribution < -0.4 is 15.8 Å². The van der Waals surface area contributed by atoms with Crippen LogP contribution in [-0.2, 0) is 0 Å². The van der Waals surface area contributed by atoms with Crippen molar-refractivity contribution >= 4 is 5.91 Å². The van der Waals surface area contributed by atoms with Crippen molar-refractivity contribution in [1.29, 1.82) is 0 Å². The van der Waals surface area contributed by atoms with Crippen molar-refractivity contribution in [1.82, 2.24) is 5.32 Å². The minimum atomic E-state index is -0.246. The number of ether oxygens (including phenoxy) is 1. The molecule has 3 N–H and O–H groups in total. The van der Waals surface area contributed by atoms with Gasteiger partial charge in [-0.15, -0.1) is 0 Å². The maximum atomic E-state index is 12.6. The number of hydrogen-bond acceptors (Lipinski definition) is 3. The van der Waals surface area contributed by atoms with Gasteiger partial charge in [0.05, 0.1) is 18.2 Å². The predicted octanol–water partition coefficient (Wildman–Crippen LogP) is 2.40. The minimum Gasteiger partial charge on any atom is -0.496 e. The summed E-state index contributed by atoms with van der Waals surface area (Å²) in [4.78, 5) is 12.6. The smallest absolute Gasteiger partial charge is 0.255 e. The van der Waals surface area contributed by atoms with Gasteiger partial charge in [-0.1, -0.05) is 30.9 Å². The molecule has 0 bridgehead atoms. The molecule has 0 saturated heterocycles. The van der Waals surface area contributed by atoms with Crippen LogP contribution in [0, 0.1) is 6.92 Å². The summed E-state index contributed by atoms with van der Waals surface area (Å²) in [5.41, 5.74) is 7.30. The molecule has 4 heteroatoms. The molecule has 0 unspecified atom stereocenters. The van der Waals surface area contributed by atoms with Gasteiger partial charge in [-0.3, -0.25) is 4.79 Å². The number of hydrogen-bond donors (Lipinski definition) is 2. The minimum absolute atomic E-state index is 0.0853. The molecule has 1 aromatic rings. The molecule has 1 aliphatic rings. The molecular formula is C16H24N2O2. The fraction of sp³-hybridized carbons (Fsp3) is 0.562. The Balaban J connectivity index is 2.20. The molecule has 1 aromatic carbocycles. The lowest BCUT2D eigenvalue weighted by Crippen LogP contribution is -2.54. The van der Waals surface area contributed by atoms with Gasteiger partial charge in [-0.25, -0.2) is 0 Å². The quantitative estimate of drug-likeness (QED) is 0.887. The number of nitrogens with one attached hydrogen (secondary N) is 1. The van der Waals surface area contributed by atoms with Crippen LogP contribution in [0.25, 0.3) is 0 Å². The standard InChI is InChI=1S/C16H24N2O2/c1-12-6-7-14(20-2)13(10-12)15(19)18-16(11-17)8-4-3-5-9-16/h6-7,10H,3-5,8-9,11,17H2,1-2H3,(H,18,19). The largest absolute Gasteiger partial charge is 0.496 e. The molecule has 110 valence electrons. The first-order valence-corrected chi connectivity index (χ1v) is 7.27. The molecule has 0 aliphatic heterocycles. The van der Waals surface area contributed by atoms with Gasteiger partial charge < -0.3 is 15.8 Å². The molecule has 0 heterocycles. The fourth-order valence-corrected chi connectivity index (χ4v) is 2.92. The van der Waals surface area contributed by atoms with Crippen LogP contribution in [0.3, 0.4) is 0 Å². The highest BCUT2D eigenvalue weighted by Gasteiger charge is 2.32. The van der Waals surface area contributed by atoms with Crippen LogP contribution in [0.4, 0.5) is 0 Å². The SMILES string of the molecule is COc1ccc(C)cc1C(=O)NC1(CN)CCCCC1. The molecule has 0 radical (unpaired) electrons. The first-order chi connectivity index (χ1) is 9.60. The molecule has 0 aromatic heterocycles. The Labute approximate surface area is 120 Å². The zero-order valence-electron chi connectivity index (χ0n) is 12.4. The molecule has 1 fully saturated rings. The van der Waals surface area contributed by atoms with Crippen molar-refractivity contribution in [2.45, 2.75) is 44.6 Å². The van der Waals surface area contributed by atoms with E-state index < -0.39 is 0 Å². The van der Waals surface area contributed by atoms with Crippen molar-refractivity contribution in [3.05, 3.63) is 29.3 Å². The summed E-state index contributed by atoms with van der Waals surface area (Å²) in [5, 5.41) is 3.16. The van der Waals surface area contributed by atoms with Crippen molar-refractivity contribution in [3.63, 3.8) is 0 Å². The van der Waals surface area contributed by atoms with Gasteiger partial charge in [0.1, 0.15) is 5.75 Å². The average molecular weight is 276 g/mol. The number of carbonyl (C=O) groups excluding carboxylic acids is 1. The summed E-state index contributed by atoms with van der Waals surface area (Å²) in [6, 6.07) is 5.64. The van der Waals surface area contributed by atoms with Gasteiger partial charge in [0.15, 0.2) is 0 Å². The van der Waals surface area contributed by atoms with Gasteiger partial charge in [0.2, 0.25) is 0 Å². The summed E-state index contributed by atoms with van der Waals surface area (Å²) in [6.07, 6.45) is 5.41. The summed E-state index contributed by atoms with van der Waals surface area (Å²) in [5.74, 6) is 0.522. The first kappa shape index (κ1) is 14.9.